The monoisotopic (exact) mass is 159 g/mol. The van der Waals surface area contributed by atoms with E-state index in [-0.39, 0.29) is 0 Å². The van der Waals surface area contributed by atoms with Gasteiger partial charge in [-0.15, -0.1) is 0 Å². The van der Waals surface area contributed by atoms with E-state index >= 15 is 0 Å². The van der Waals surface area contributed by atoms with Crippen molar-refractivity contribution in [1.82, 2.24) is 10.2 Å². The van der Waals surface area contributed by atoms with Crippen LogP contribution in [0.15, 0.2) is 29.4 Å². The first-order chi connectivity index (χ1) is 5.90. The number of rotatable bonds is 1. The van der Waals surface area contributed by atoms with E-state index in [1.807, 2.05) is 30.6 Å². The molecule has 0 aliphatic rings. The van der Waals surface area contributed by atoms with Crippen molar-refractivity contribution < 1.29 is 0 Å². The maximum atomic E-state index is 3.94. The van der Waals surface area contributed by atoms with E-state index in [9.17, 15) is 0 Å². The van der Waals surface area contributed by atoms with Gasteiger partial charge in [-0.05, 0) is 11.6 Å². The van der Waals surface area contributed by atoms with Crippen LogP contribution < -0.4 is 0 Å². The lowest BCUT2D eigenvalue weighted by molar-refractivity contribution is 1.12. The summed E-state index contributed by atoms with van der Waals surface area (Å²) in [6, 6.07) is 6.07. The highest BCUT2D eigenvalue weighted by Gasteiger charge is 1.94. The van der Waals surface area contributed by atoms with Crippen LogP contribution in [0.25, 0.3) is 10.9 Å². The van der Waals surface area contributed by atoms with Gasteiger partial charge in [-0.3, -0.25) is 10.1 Å². The first kappa shape index (κ1) is 7.03. The minimum Gasteiger partial charge on any atom is -0.296 e. The molecule has 0 radical (unpaired) electrons. The number of aromatic amines is 1. The van der Waals surface area contributed by atoms with Gasteiger partial charge in [-0.1, -0.05) is 12.1 Å². The minimum absolute atomic E-state index is 1.05. The van der Waals surface area contributed by atoms with Gasteiger partial charge in [-0.25, -0.2) is 0 Å². The lowest BCUT2D eigenvalue weighted by Gasteiger charge is -1.91. The molecule has 12 heavy (non-hydrogen) atoms. The number of fused-ring (bicyclic) bond motifs is 1. The van der Waals surface area contributed by atoms with Gasteiger partial charge in [0.15, 0.2) is 0 Å². The molecule has 2 aromatic rings. The molecule has 0 aliphatic carbocycles. The van der Waals surface area contributed by atoms with Crippen molar-refractivity contribution in [2.45, 2.75) is 0 Å². The molecular weight excluding hydrogens is 150 g/mol. The van der Waals surface area contributed by atoms with Crippen LogP contribution in [0, 0.1) is 0 Å². The normalized spacial score (nSPS) is 11.4. The highest BCUT2D eigenvalue weighted by atomic mass is 15.1. The van der Waals surface area contributed by atoms with Crippen LogP contribution >= 0.6 is 0 Å². The number of nitrogens with zero attached hydrogens (tertiary/aromatic N) is 2. The Labute approximate surface area is 70.1 Å². The summed E-state index contributed by atoms with van der Waals surface area (Å²) in [5.41, 5.74) is 2.14. The van der Waals surface area contributed by atoms with Crippen molar-refractivity contribution in [3.05, 3.63) is 30.0 Å². The minimum atomic E-state index is 1.05. The fourth-order valence-electron chi connectivity index (χ4n) is 1.18. The number of aliphatic imine (C=N–C) groups is 1. The van der Waals surface area contributed by atoms with Crippen LogP contribution in [0.4, 0.5) is 0 Å². The summed E-state index contributed by atoms with van der Waals surface area (Å²) in [5.74, 6) is 0. The Hall–Kier alpha value is -1.64. The molecule has 0 amide bonds. The maximum Gasteiger partial charge on any atom is 0.0656 e. The number of H-pyrrole nitrogens is 1. The van der Waals surface area contributed by atoms with E-state index in [2.05, 4.69) is 15.2 Å². The highest BCUT2D eigenvalue weighted by Crippen LogP contribution is 2.10. The van der Waals surface area contributed by atoms with E-state index in [1.54, 1.807) is 7.05 Å². The third-order valence-corrected chi connectivity index (χ3v) is 1.74. The third-order valence-electron chi connectivity index (χ3n) is 1.74. The molecule has 1 N–H and O–H groups in total. The second-order valence-corrected chi connectivity index (χ2v) is 2.60. The largest absolute Gasteiger partial charge is 0.296 e. The zero-order chi connectivity index (χ0) is 8.39. The van der Waals surface area contributed by atoms with Crippen LogP contribution in [0.2, 0.25) is 0 Å². The Morgan fingerprint density at radius 1 is 1.50 bits per heavy atom. The fraction of sp³-hybridized carbons (Fsp3) is 0.111. The van der Waals surface area contributed by atoms with Crippen molar-refractivity contribution in [2.24, 2.45) is 4.99 Å². The molecule has 2 rings (SSSR count). The molecule has 1 heterocycles. The number of benzene rings is 1. The quantitative estimate of drug-likeness (QED) is 0.631. The predicted octanol–water partition coefficient (Wildman–Crippen LogP) is 1.61. The van der Waals surface area contributed by atoms with E-state index in [1.165, 1.54) is 0 Å². The van der Waals surface area contributed by atoms with Crippen molar-refractivity contribution >= 4 is 17.1 Å². The van der Waals surface area contributed by atoms with Crippen LogP contribution in [-0.4, -0.2) is 23.5 Å². The van der Waals surface area contributed by atoms with Gasteiger partial charge in [0.2, 0.25) is 0 Å². The first-order valence-electron chi connectivity index (χ1n) is 3.75. The van der Waals surface area contributed by atoms with Gasteiger partial charge in [0, 0.05) is 18.6 Å². The van der Waals surface area contributed by atoms with E-state index in [0.29, 0.717) is 0 Å². The summed E-state index contributed by atoms with van der Waals surface area (Å²) in [4.78, 5) is 3.94. The first-order valence-corrected chi connectivity index (χ1v) is 3.75. The Kier molecular flexibility index (Phi) is 1.63. The molecule has 0 saturated heterocycles. The van der Waals surface area contributed by atoms with Gasteiger partial charge in [0.05, 0.1) is 11.7 Å². The molecule has 3 nitrogen and oxygen atoms in total. The summed E-state index contributed by atoms with van der Waals surface area (Å²) in [7, 11) is 1.76. The molecule has 1 aromatic heterocycles. The molecule has 0 saturated carbocycles. The van der Waals surface area contributed by atoms with E-state index in [0.717, 1.165) is 16.5 Å². The molecule has 0 fully saturated rings. The van der Waals surface area contributed by atoms with Crippen LogP contribution in [0.5, 0.6) is 0 Å². The van der Waals surface area contributed by atoms with Crippen LogP contribution in [0.1, 0.15) is 5.56 Å². The molecule has 0 aliphatic heterocycles. The lowest BCUT2D eigenvalue weighted by Crippen LogP contribution is -1.79. The number of hydrogen-bond acceptors (Lipinski definition) is 2. The van der Waals surface area contributed by atoms with Gasteiger partial charge >= 0.3 is 0 Å². The van der Waals surface area contributed by atoms with Crippen molar-refractivity contribution in [1.29, 1.82) is 0 Å². The SMILES string of the molecule is CN=Cc1ccc2cn[nH]c2c1. The zero-order valence-electron chi connectivity index (χ0n) is 6.78. The van der Waals surface area contributed by atoms with Gasteiger partial charge in [0.1, 0.15) is 0 Å². The van der Waals surface area contributed by atoms with Crippen LogP contribution in [-0.2, 0) is 0 Å². The maximum absolute atomic E-state index is 3.94. The summed E-state index contributed by atoms with van der Waals surface area (Å²) < 4.78 is 0. The second kappa shape index (κ2) is 2.77. The van der Waals surface area contributed by atoms with Gasteiger partial charge in [-0.2, -0.15) is 5.10 Å². The molecule has 0 atom stereocenters. The molecule has 60 valence electrons. The number of hydrogen-bond donors (Lipinski definition) is 1. The van der Waals surface area contributed by atoms with E-state index in [4.69, 9.17) is 0 Å². The average molecular weight is 159 g/mol. The van der Waals surface area contributed by atoms with E-state index < -0.39 is 0 Å². The van der Waals surface area contributed by atoms with Gasteiger partial charge in [0.25, 0.3) is 0 Å². The van der Waals surface area contributed by atoms with Crippen molar-refractivity contribution in [2.75, 3.05) is 7.05 Å². The van der Waals surface area contributed by atoms with Crippen LogP contribution in [0.3, 0.4) is 0 Å². The zero-order valence-corrected chi connectivity index (χ0v) is 6.78. The molecule has 0 bridgehead atoms. The standard InChI is InChI=1S/C9H9N3/c1-10-5-7-2-3-8-6-11-12-9(8)4-7/h2-6H,1H3,(H,11,12). The topological polar surface area (TPSA) is 41.0 Å². The number of nitrogens with one attached hydrogen (secondary N) is 1. The Balaban J connectivity index is 2.60. The second-order valence-electron chi connectivity index (χ2n) is 2.60. The predicted molar refractivity (Wildman–Crippen MR) is 49.6 cm³/mol. The van der Waals surface area contributed by atoms with Crippen molar-refractivity contribution in [3.8, 4) is 0 Å². The Morgan fingerprint density at radius 2 is 2.42 bits per heavy atom. The van der Waals surface area contributed by atoms with Gasteiger partial charge < -0.3 is 0 Å². The van der Waals surface area contributed by atoms with Crippen molar-refractivity contribution in [3.63, 3.8) is 0 Å². The Morgan fingerprint density at radius 3 is 3.25 bits per heavy atom. The highest BCUT2D eigenvalue weighted by molar-refractivity contribution is 5.87. The Bertz CT molecular complexity index is 414. The lowest BCUT2D eigenvalue weighted by atomic mass is 10.2. The smallest absolute Gasteiger partial charge is 0.0656 e. The molecule has 1 aromatic carbocycles. The average Bonchev–Trinajstić information content (AvgIpc) is 2.51. The number of aromatic nitrogens is 2. The summed E-state index contributed by atoms with van der Waals surface area (Å²) in [5, 5.41) is 7.97. The molecule has 0 spiro atoms. The fourth-order valence-corrected chi connectivity index (χ4v) is 1.18. The summed E-state index contributed by atoms with van der Waals surface area (Å²) in [6.45, 7) is 0. The molecule has 0 unspecified atom stereocenters. The summed E-state index contributed by atoms with van der Waals surface area (Å²) in [6.07, 6.45) is 3.63. The molecular formula is C9H9N3. The molecule has 3 heteroatoms. The third kappa shape index (κ3) is 1.09. The summed E-state index contributed by atoms with van der Waals surface area (Å²) >= 11 is 0.